The molecule has 172 valence electrons. The van der Waals surface area contributed by atoms with E-state index >= 15 is 0 Å². The highest BCUT2D eigenvalue weighted by Gasteiger charge is 2.17. The molecule has 4 aromatic rings. The van der Waals surface area contributed by atoms with Crippen molar-refractivity contribution in [3.8, 4) is 22.8 Å². The van der Waals surface area contributed by atoms with Gasteiger partial charge >= 0.3 is 0 Å². The fourth-order valence-corrected chi connectivity index (χ4v) is 4.38. The minimum absolute atomic E-state index is 0.129. The number of rotatable bonds is 8. The highest BCUT2D eigenvalue weighted by Crippen LogP contribution is 2.28. The van der Waals surface area contributed by atoms with Crippen LogP contribution in [0.15, 0.2) is 81.7 Å². The zero-order valence-electron chi connectivity index (χ0n) is 18.5. The van der Waals surface area contributed by atoms with E-state index < -0.39 is 0 Å². The van der Waals surface area contributed by atoms with Gasteiger partial charge in [0.15, 0.2) is 11.0 Å². The van der Waals surface area contributed by atoms with Crippen LogP contribution in [-0.2, 0) is 4.79 Å². The maximum atomic E-state index is 12.4. The lowest BCUT2D eigenvalue weighted by Crippen LogP contribution is -2.20. The van der Waals surface area contributed by atoms with Crippen LogP contribution in [-0.4, -0.2) is 44.7 Å². The first-order valence-electron chi connectivity index (χ1n) is 10.3. The van der Waals surface area contributed by atoms with Gasteiger partial charge in [-0.25, -0.2) is 5.43 Å². The third kappa shape index (κ3) is 5.70. The predicted molar refractivity (Wildman–Crippen MR) is 136 cm³/mol. The van der Waals surface area contributed by atoms with Gasteiger partial charge in [0.1, 0.15) is 5.75 Å². The summed E-state index contributed by atoms with van der Waals surface area (Å²) >= 11 is 4.72. The molecule has 0 unspecified atom stereocenters. The van der Waals surface area contributed by atoms with E-state index in [1.807, 2.05) is 66.1 Å². The van der Waals surface area contributed by atoms with Crippen LogP contribution in [0.25, 0.3) is 17.1 Å². The number of methoxy groups -OCH3 is 1. The van der Waals surface area contributed by atoms with Crippen LogP contribution in [0, 0.1) is 6.92 Å². The van der Waals surface area contributed by atoms with Gasteiger partial charge in [-0.05, 0) is 70.9 Å². The van der Waals surface area contributed by atoms with Gasteiger partial charge in [0.2, 0.25) is 0 Å². The van der Waals surface area contributed by atoms with E-state index in [9.17, 15) is 4.79 Å². The molecule has 0 aliphatic heterocycles. The standard InChI is InChI=1S/C24H21BrN6O2S/c1-16-3-6-19(7-4-16)31-23(18-9-11-26-12-10-18)29-30-24(31)34-15-22(32)28-27-14-17-5-8-21(33-2)20(25)13-17/h3-14H,15H2,1-2H3,(H,28,32). The van der Waals surface area contributed by atoms with E-state index in [-0.39, 0.29) is 11.7 Å². The molecule has 0 fully saturated rings. The lowest BCUT2D eigenvalue weighted by atomic mass is 10.2. The van der Waals surface area contributed by atoms with Gasteiger partial charge in [0.05, 0.1) is 23.5 Å². The van der Waals surface area contributed by atoms with Gasteiger partial charge in [0, 0.05) is 23.6 Å². The molecule has 2 aromatic carbocycles. The normalized spacial score (nSPS) is 11.0. The van der Waals surface area contributed by atoms with Gasteiger partial charge in [-0.2, -0.15) is 5.10 Å². The van der Waals surface area contributed by atoms with Gasteiger partial charge in [-0.1, -0.05) is 29.5 Å². The summed E-state index contributed by atoms with van der Waals surface area (Å²) in [6.45, 7) is 2.03. The molecule has 0 aliphatic rings. The largest absolute Gasteiger partial charge is 0.496 e. The second-order valence-corrected chi connectivity index (χ2v) is 8.99. The summed E-state index contributed by atoms with van der Waals surface area (Å²) in [4.78, 5) is 16.5. The third-order valence-electron chi connectivity index (χ3n) is 4.78. The monoisotopic (exact) mass is 536 g/mol. The molecule has 0 saturated heterocycles. The van der Waals surface area contributed by atoms with Crippen LogP contribution in [0.5, 0.6) is 5.75 Å². The van der Waals surface area contributed by atoms with Crippen molar-refractivity contribution >= 4 is 39.8 Å². The van der Waals surface area contributed by atoms with Crippen molar-refractivity contribution in [1.82, 2.24) is 25.2 Å². The number of carbonyl (C=O) groups is 1. The van der Waals surface area contributed by atoms with Crippen LogP contribution in [0.1, 0.15) is 11.1 Å². The number of pyridine rings is 1. The second-order valence-electron chi connectivity index (χ2n) is 7.19. The SMILES string of the molecule is COc1ccc(C=NNC(=O)CSc2nnc(-c3ccncc3)n2-c2ccc(C)cc2)cc1Br. The number of halogens is 1. The highest BCUT2D eigenvalue weighted by molar-refractivity contribution is 9.10. The number of aryl methyl sites for hydroxylation is 1. The van der Waals surface area contributed by atoms with Crippen molar-refractivity contribution in [3.05, 3.63) is 82.6 Å². The zero-order valence-corrected chi connectivity index (χ0v) is 20.9. The van der Waals surface area contributed by atoms with E-state index in [1.165, 1.54) is 11.8 Å². The quantitative estimate of drug-likeness (QED) is 0.200. The average Bonchev–Trinajstić information content (AvgIpc) is 3.28. The number of thioether (sulfide) groups is 1. The molecule has 34 heavy (non-hydrogen) atoms. The number of hydrazone groups is 1. The van der Waals surface area contributed by atoms with Crippen molar-refractivity contribution in [2.45, 2.75) is 12.1 Å². The Morgan fingerprint density at radius 2 is 1.91 bits per heavy atom. The Morgan fingerprint density at radius 3 is 2.62 bits per heavy atom. The fraction of sp³-hybridized carbons (Fsp3) is 0.125. The molecule has 10 heteroatoms. The molecule has 0 atom stereocenters. The molecular formula is C24H21BrN6O2S. The lowest BCUT2D eigenvalue weighted by Gasteiger charge is -2.10. The molecule has 8 nitrogen and oxygen atoms in total. The molecule has 2 aromatic heterocycles. The number of amides is 1. The number of hydrogen-bond acceptors (Lipinski definition) is 7. The van der Waals surface area contributed by atoms with Crippen molar-refractivity contribution in [2.75, 3.05) is 12.9 Å². The van der Waals surface area contributed by atoms with E-state index in [0.717, 1.165) is 32.6 Å². The Morgan fingerprint density at radius 1 is 1.15 bits per heavy atom. The van der Waals surface area contributed by atoms with Gasteiger partial charge in [-0.15, -0.1) is 10.2 Å². The van der Waals surface area contributed by atoms with Gasteiger partial charge in [-0.3, -0.25) is 14.3 Å². The van der Waals surface area contributed by atoms with Gasteiger partial charge < -0.3 is 4.74 Å². The molecule has 0 radical (unpaired) electrons. The molecule has 1 N–H and O–H groups in total. The molecule has 1 amide bonds. The first-order valence-corrected chi connectivity index (χ1v) is 12.0. The van der Waals surface area contributed by atoms with E-state index in [4.69, 9.17) is 4.74 Å². The number of aromatic nitrogens is 4. The predicted octanol–water partition coefficient (Wildman–Crippen LogP) is 4.65. The summed E-state index contributed by atoms with van der Waals surface area (Å²) in [5, 5.41) is 13.4. The van der Waals surface area contributed by atoms with Crippen molar-refractivity contribution in [3.63, 3.8) is 0 Å². The Kier molecular flexibility index (Phi) is 7.71. The van der Waals surface area contributed by atoms with Crippen LogP contribution in [0.4, 0.5) is 0 Å². The summed E-state index contributed by atoms with van der Waals surface area (Å²) in [6.07, 6.45) is 5.00. The molecular weight excluding hydrogens is 516 g/mol. The van der Waals surface area contributed by atoms with Crippen LogP contribution in [0.2, 0.25) is 0 Å². The maximum Gasteiger partial charge on any atom is 0.250 e. The Hall–Kier alpha value is -3.50. The smallest absolute Gasteiger partial charge is 0.250 e. The Balaban J connectivity index is 1.47. The molecule has 0 bridgehead atoms. The van der Waals surface area contributed by atoms with Crippen LogP contribution < -0.4 is 10.2 Å². The van der Waals surface area contributed by atoms with E-state index in [1.54, 1.807) is 25.7 Å². The van der Waals surface area contributed by atoms with Crippen LogP contribution >= 0.6 is 27.7 Å². The Bertz CT molecular complexity index is 1310. The summed E-state index contributed by atoms with van der Waals surface area (Å²) in [7, 11) is 1.60. The highest BCUT2D eigenvalue weighted by atomic mass is 79.9. The molecule has 0 aliphatic carbocycles. The molecule has 0 saturated carbocycles. The van der Waals surface area contributed by atoms with E-state index in [2.05, 4.69) is 41.6 Å². The average molecular weight is 537 g/mol. The summed E-state index contributed by atoms with van der Waals surface area (Å²) in [6, 6.07) is 17.3. The van der Waals surface area contributed by atoms with Crippen molar-refractivity contribution in [1.29, 1.82) is 0 Å². The lowest BCUT2D eigenvalue weighted by molar-refractivity contribution is -0.118. The van der Waals surface area contributed by atoms with Crippen molar-refractivity contribution < 1.29 is 9.53 Å². The summed E-state index contributed by atoms with van der Waals surface area (Å²) in [5.74, 6) is 1.28. The van der Waals surface area contributed by atoms with Crippen LogP contribution in [0.3, 0.4) is 0 Å². The first kappa shape index (κ1) is 23.7. The summed E-state index contributed by atoms with van der Waals surface area (Å²) < 4.78 is 7.96. The number of ether oxygens (including phenoxy) is 1. The van der Waals surface area contributed by atoms with E-state index in [0.29, 0.717) is 11.0 Å². The third-order valence-corrected chi connectivity index (χ3v) is 6.32. The number of carbonyl (C=O) groups excluding carboxylic acids is 1. The minimum atomic E-state index is -0.252. The number of benzene rings is 2. The zero-order chi connectivity index (χ0) is 23.9. The maximum absolute atomic E-state index is 12.4. The first-order chi connectivity index (χ1) is 16.5. The molecule has 4 rings (SSSR count). The fourth-order valence-electron chi connectivity index (χ4n) is 3.08. The topological polar surface area (TPSA) is 94.3 Å². The Labute approximate surface area is 209 Å². The number of nitrogens with zero attached hydrogens (tertiary/aromatic N) is 5. The molecule has 0 spiro atoms. The molecule has 2 heterocycles. The minimum Gasteiger partial charge on any atom is -0.496 e. The van der Waals surface area contributed by atoms with Gasteiger partial charge in [0.25, 0.3) is 5.91 Å². The van der Waals surface area contributed by atoms with Crippen molar-refractivity contribution in [2.24, 2.45) is 5.10 Å². The second kappa shape index (κ2) is 11.1. The number of nitrogens with one attached hydrogen (secondary N) is 1. The summed E-state index contributed by atoms with van der Waals surface area (Å²) in [5.41, 5.74) is 6.32. The number of hydrogen-bond donors (Lipinski definition) is 1.